The Balaban J connectivity index is 2.00. The predicted octanol–water partition coefficient (Wildman–Crippen LogP) is 5.64. The highest BCUT2D eigenvalue weighted by Crippen LogP contribution is 2.29. The fourth-order valence-electron chi connectivity index (χ4n) is 4.24. The number of hydrogen-bond acceptors (Lipinski definition) is 3. The fraction of sp³-hybridized carbons (Fsp3) is 0.179. The molecule has 2 aromatic carbocycles. The van der Waals surface area contributed by atoms with Gasteiger partial charge in [0.05, 0.1) is 5.69 Å². The Morgan fingerprint density at radius 1 is 0.939 bits per heavy atom. The van der Waals surface area contributed by atoms with Crippen molar-refractivity contribution in [1.29, 1.82) is 0 Å². The number of hydrogen-bond donors (Lipinski definition) is 1. The Bertz CT molecular complexity index is 1390. The SMILES string of the molecule is CCc1cccc(C)c1NC(=O)c1c(-c2ccncc2)n(-c2ccccc2C)c(C)cc1=O. The molecule has 0 saturated carbocycles. The molecule has 1 N–H and O–H groups in total. The molecule has 0 spiro atoms. The van der Waals surface area contributed by atoms with Crippen LogP contribution in [-0.2, 0) is 6.42 Å². The standard InChI is InChI=1S/C28H27N3O2/c1-5-21-11-8-10-19(3)26(21)30-28(33)25-24(32)17-20(4)31(23-12-7-6-9-18(23)2)27(25)22-13-15-29-16-14-22/h6-17H,5H2,1-4H3,(H,30,33). The molecule has 0 aliphatic carbocycles. The average Bonchev–Trinajstić information content (AvgIpc) is 2.81. The fourth-order valence-corrected chi connectivity index (χ4v) is 4.24. The smallest absolute Gasteiger partial charge is 0.261 e. The molecule has 0 unspecified atom stereocenters. The van der Waals surface area contributed by atoms with Crippen molar-refractivity contribution in [3.05, 3.63) is 111 Å². The van der Waals surface area contributed by atoms with Gasteiger partial charge in [-0.1, -0.05) is 43.3 Å². The summed E-state index contributed by atoms with van der Waals surface area (Å²) in [4.78, 5) is 31.1. The van der Waals surface area contributed by atoms with Crippen molar-refractivity contribution < 1.29 is 4.79 Å². The highest BCUT2D eigenvalue weighted by Gasteiger charge is 2.24. The minimum atomic E-state index is -0.418. The number of anilines is 1. The zero-order valence-corrected chi connectivity index (χ0v) is 19.3. The van der Waals surface area contributed by atoms with Crippen LogP contribution in [0.25, 0.3) is 16.9 Å². The van der Waals surface area contributed by atoms with Crippen LogP contribution in [0.15, 0.2) is 77.9 Å². The molecule has 0 aliphatic rings. The molecule has 0 fully saturated rings. The van der Waals surface area contributed by atoms with E-state index in [1.807, 2.05) is 86.9 Å². The van der Waals surface area contributed by atoms with Gasteiger partial charge in [0.1, 0.15) is 5.56 Å². The van der Waals surface area contributed by atoms with E-state index in [4.69, 9.17) is 0 Å². The average molecular weight is 438 g/mol. The minimum absolute atomic E-state index is 0.111. The summed E-state index contributed by atoms with van der Waals surface area (Å²) < 4.78 is 1.99. The third-order valence-corrected chi connectivity index (χ3v) is 5.92. The summed E-state index contributed by atoms with van der Waals surface area (Å²) in [5, 5.41) is 3.04. The Kier molecular flexibility index (Phi) is 6.22. The number of aromatic nitrogens is 2. The quantitative estimate of drug-likeness (QED) is 0.439. The monoisotopic (exact) mass is 437 g/mol. The highest BCUT2D eigenvalue weighted by molar-refractivity contribution is 6.09. The molecule has 5 nitrogen and oxygen atoms in total. The zero-order valence-electron chi connectivity index (χ0n) is 19.3. The molecule has 33 heavy (non-hydrogen) atoms. The summed E-state index contributed by atoms with van der Waals surface area (Å²) >= 11 is 0. The summed E-state index contributed by atoms with van der Waals surface area (Å²) in [5.41, 5.74) is 6.56. The third kappa shape index (κ3) is 4.22. The first-order valence-electron chi connectivity index (χ1n) is 11.0. The van der Waals surface area contributed by atoms with Crippen molar-refractivity contribution in [1.82, 2.24) is 9.55 Å². The number of benzene rings is 2. The number of rotatable bonds is 5. The number of carbonyl (C=O) groups is 1. The molecule has 2 aromatic heterocycles. The molecular formula is C28H27N3O2. The topological polar surface area (TPSA) is 64.0 Å². The predicted molar refractivity (Wildman–Crippen MR) is 133 cm³/mol. The highest BCUT2D eigenvalue weighted by atomic mass is 16.2. The molecule has 0 atom stereocenters. The van der Waals surface area contributed by atoms with E-state index in [1.165, 1.54) is 6.07 Å². The molecule has 5 heteroatoms. The molecular weight excluding hydrogens is 410 g/mol. The minimum Gasteiger partial charge on any atom is -0.321 e. The second kappa shape index (κ2) is 9.25. The van der Waals surface area contributed by atoms with Crippen LogP contribution in [0.1, 0.15) is 39.7 Å². The maximum atomic E-state index is 13.7. The summed E-state index contributed by atoms with van der Waals surface area (Å²) in [6.07, 6.45) is 4.11. The first kappa shape index (κ1) is 22.2. The lowest BCUT2D eigenvalue weighted by Gasteiger charge is -2.22. The van der Waals surface area contributed by atoms with Gasteiger partial charge in [-0.05, 0) is 62.1 Å². The van der Waals surface area contributed by atoms with Crippen molar-refractivity contribution >= 4 is 11.6 Å². The van der Waals surface area contributed by atoms with E-state index in [-0.39, 0.29) is 11.0 Å². The Morgan fingerprint density at radius 2 is 1.64 bits per heavy atom. The maximum absolute atomic E-state index is 13.7. The normalized spacial score (nSPS) is 10.8. The van der Waals surface area contributed by atoms with Crippen LogP contribution in [0.5, 0.6) is 0 Å². The molecule has 2 heterocycles. The Hall–Kier alpha value is -3.99. The van der Waals surface area contributed by atoms with Gasteiger partial charge in [-0.3, -0.25) is 14.6 Å². The molecule has 0 saturated heterocycles. The van der Waals surface area contributed by atoms with E-state index < -0.39 is 5.91 Å². The van der Waals surface area contributed by atoms with Gasteiger partial charge in [-0.2, -0.15) is 0 Å². The summed E-state index contributed by atoms with van der Waals surface area (Å²) in [6, 6.07) is 19.0. The van der Waals surface area contributed by atoms with Crippen LogP contribution in [-0.4, -0.2) is 15.5 Å². The van der Waals surface area contributed by atoms with Gasteiger partial charge >= 0.3 is 0 Å². The third-order valence-electron chi connectivity index (χ3n) is 5.92. The molecule has 0 aliphatic heterocycles. The molecule has 1 amide bonds. The molecule has 4 aromatic rings. The molecule has 4 rings (SSSR count). The van der Waals surface area contributed by atoms with Crippen molar-refractivity contribution in [2.75, 3.05) is 5.32 Å². The molecule has 0 radical (unpaired) electrons. The number of carbonyl (C=O) groups excluding carboxylic acids is 1. The van der Waals surface area contributed by atoms with Crippen LogP contribution in [0.4, 0.5) is 5.69 Å². The van der Waals surface area contributed by atoms with E-state index in [9.17, 15) is 9.59 Å². The van der Waals surface area contributed by atoms with Crippen LogP contribution in [0, 0.1) is 20.8 Å². The van der Waals surface area contributed by atoms with E-state index >= 15 is 0 Å². The summed E-state index contributed by atoms with van der Waals surface area (Å²) in [6.45, 7) is 7.91. The van der Waals surface area contributed by atoms with Gasteiger partial charge in [-0.15, -0.1) is 0 Å². The number of amides is 1. The maximum Gasteiger partial charge on any atom is 0.261 e. The first-order chi connectivity index (χ1) is 15.9. The lowest BCUT2D eigenvalue weighted by Crippen LogP contribution is -2.27. The lowest BCUT2D eigenvalue weighted by molar-refractivity contribution is 0.102. The van der Waals surface area contributed by atoms with Crippen molar-refractivity contribution in [3.63, 3.8) is 0 Å². The number of nitrogens with one attached hydrogen (secondary N) is 1. The Morgan fingerprint density at radius 3 is 2.33 bits per heavy atom. The number of nitrogens with zero attached hydrogens (tertiary/aromatic N) is 2. The number of pyridine rings is 2. The van der Waals surface area contributed by atoms with Gasteiger partial charge < -0.3 is 9.88 Å². The zero-order chi connectivity index (χ0) is 23.5. The van der Waals surface area contributed by atoms with E-state index in [1.54, 1.807) is 12.4 Å². The second-order valence-corrected chi connectivity index (χ2v) is 8.15. The lowest BCUT2D eigenvalue weighted by atomic mass is 10.0. The van der Waals surface area contributed by atoms with Crippen LogP contribution in [0.2, 0.25) is 0 Å². The largest absolute Gasteiger partial charge is 0.321 e. The van der Waals surface area contributed by atoms with Crippen LogP contribution >= 0.6 is 0 Å². The first-order valence-corrected chi connectivity index (χ1v) is 11.0. The summed E-state index contributed by atoms with van der Waals surface area (Å²) in [7, 11) is 0. The van der Waals surface area contributed by atoms with Crippen molar-refractivity contribution in [3.8, 4) is 16.9 Å². The molecule has 0 bridgehead atoms. The second-order valence-electron chi connectivity index (χ2n) is 8.15. The van der Waals surface area contributed by atoms with Gasteiger partial charge in [0.2, 0.25) is 0 Å². The van der Waals surface area contributed by atoms with Gasteiger partial charge in [0.15, 0.2) is 5.43 Å². The van der Waals surface area contributed by atoms with Gasteiger partial charge in [-0.25, -0.2) is 0 Å². The van der Waals surface area contributed by atoms with E-state index in [2.05, 4.69) is 10.3 Å². The summed E-state index contributed by atoms with van der Waals surface area (Å²) in [5.74, 6) is -0.418. The van der Waals surface area contributed by atoms with Crippen molar-refractivity contribution in [2.24, 2.45) is 0 Å². The van der Waals surface area contributed by atoms with Crippen molar-refractivity contribution in [2.45, 2.75) is 34.1 Å². The van der Waals surface area contributed by atoms with Gasteiger partial charge in [0.25, 0.3) is 5.91 Å². The molecule has 166 valence electrons. The van der Waals surface area contributed by atoms with E-state index in [0.717, 1.165) is 45.7 Å². The van der Waals surface area contributed by atoms with Gasteiger partial charge in [0, 0.05) is 41.1 Å². The van der Waals surface area contributed by atoms with E-state index in [0.29, 0.717) is 5.69 Å². The van der Waals surface area contributed by atoms with Crippen LogP contribution in [0.3, 0.4) is 0 Å². The number of para-hydroxylation sites is 2. The Labute approximate surface area is 193 Å². The number of aryl methyl sites for hydroxylation is 4. The van der Waals surface area contributed by atoms with Crippen LogP contribution < -0.4 is 10.7 Å².